The van der Waals surface area contributed by atoms with Gasteiger partial charge in [-0.15, -0.1) is 0 Å². The molecule has 3 rings (SSSR count). The van der Waals surface area contributed by atoms with Gasteiger partial charge in [-0.2, -0.15) is 0 Å². The lowest BCUT2D eigenvalue weighted by molar-refractivity contribution is 0.0949. The van der Waals surface area contributed by atoms with Gasteiger partial charge in [-0.05, 0) is 51.5 Å². The van der Waals surface area contributed by atoms with Gasteiger partial charge in [-0.1, -0.05) is 23.5 Å². The third-order valence-corrected chi connectivity index (χ3v) is 8.16. The molecule has 0 unspecified atom stereocenters. The minimum atomic E-state index is 0.672. The van der Waals surface area contributed by atoms with Crippen LogP contribution in [-0.4, -0.2) is 13.2 Å². The summed E-state index contributed by atoms with van der Waals surface area (Å²) in [6.45, 7) is 1.34. The predicted octanol–water partition coefficient (Wildman–Crippen LogP) is 4.48. The van der Waals surface area contributed by atoms with E-state index in [-0.39, 0.29) is 0 Å². The molecule has 3 aliphatic rings. The van der Waals surface area contributed by atoms with Crippen molar-refractivity contribution in [3.05, 3.63) is 27.0 Å². The van der Waals surface area contributed by atoms with Gasteiger partial charge in [0.1, 0.15) is 13.2 Å². The van der Waals surface area contributed by atoms with E-state index in [9.17, 15) is 0 Å². The predicted molar refractivity (Wildman–Crippen MR) is 78.4 cm³/mol. The van der Waals surface area contributed by atoms with E-state index < -0.39 is 0 Å². The molecule has 0 atom stereocenters. The van der Waals surface area contributed by atoms with Gasteiger partial charge < -0.3 is 9.47 Å². The second-order valence-corrected chi connectivity index (χ2v) is 9.00. The Labute approximate surface area is 118 Å². The normalized spacial score (nSPS) is 25.0. The molecule has 0 saturated carbocycles. The number of halogens is 1. The first kappa shape index (κ1) is 11.1. The molecule has 7 heteroatoms. The minimum absolute atomic E-state index is 0.672. The first-order chi connectivity index (χ1) is 7.33. The van der Waals surface area contributed by atoms with Gasteiger partial charge in [0, 0.05) is 0 Å². The quantitative estimate of drug-likeness (QED) is 0.566. The zero-order valence-electron chi connectivity index (χ0n) is 7.32. The summed E-state index contributed by atoms with van der Waals surface area (Å²) in [7, 11) is 0. The molecule has 0 bridgehead atoms. The molecule has 0 aromatic rings. The molecular weight excluding hydrogens is 383 g/mol. The van der Waals surface area contributed by atoms with E-state index in [2.05, 4.69) is 28.0 Å². The molecule has 0 N–H and O–H groups in total. The third kappa shape index (κ3) is 2.31. The van der Waals surface area contributed by atoms with Crippen molar-refractivity contribution in [2.75, 3.05) is 13.2 Å². The van der Waals surface area contributed by atoms with Crippen molar-refractivity contribution in [3.63, 3.8) is 0 Å². The van der Waals surface area contributed by atoms with Crippen molar-refractivity contribution in [1.29, 1.82) is 0 Å². The summed E-state index contributed by atoms with van der Waals surface area (Å²) < 4.78 is 15.0. The van der Waals surface area contributed by atoms with Crippen molar-refractivity contribution >= 4 is 69.6 Å². The molecule has 0 aromatic carbocycles. The van der Waals surface area contributed by atoms with Crippen LogP contribution in [0.1, 0.15) is 0 Å². The molecule has 0 fully saturated rings. The highest BCUT2D eigenvalue weighted by Gasteiger charge is 2.30. The second-order valence-electron chi connectivity index (χ2n) is 2.69. The van der Waals surface area contributed by atoms with Crippen molar-refractivity contribution in [3.8, 4) is 0 Å². The fraction of sp³-hybridized carbons (Fsp3) is 0.250. The highest BCUT2D eigenvalue weighted by Crippen LogP contribution is 2.59. The Bertz CT molecular complexity index is 381. The van der Waals surface area contributed by atoms with E-state index in [4.69, 9.17) is 9.47 Å². The molecule has 3 heterocycles. The van der Waals surface area contributed by atoms with E-state index in [1.165, 1.54) is 11.4 Å². The molecule has 0 amide bonds. The van der Waals surface area contributed by atoms with Crippen molar-refractivity contribution in [2.24, 2.45) is 0 Å². The van der Waals surface area contributed by atoms with Crippen molar-refractivity contribution in [1.82, 2.24) is 0 Å². The van der Waals surface area contributed by atoms with Gasteiger partial charge >= 0.3 is 0 Å². The SMILES string of the molecule is IC1=CSC(=C2SC3=C(OCCO3)S2)S1. The van der Waals surface area contributed by atoms with E-state index in [1.807, 2.05) is 11.8 Å². The standard InChI is InChI=1S/C8H5IO2S4/c9-4-3-12-7(13-4)8-14-5-6(15-8)11-2-1-10-5/h3H,1-2H2. The monoisotopic (exact) mass is 388 g/mol. The Kier molecular flexibility index (Phi) is 3.45. The maximum Gasteiger partial charge on any atom is 0.208 e. The van der Waals surface area contributed by atoms with Crippen LogP contribution in [-0.2, 0) is 9.47 Å². The van der Waals surface area contributed by atoms with Crippen LogP contribution in [0.3, 0.4) is 0 Å². The molecule has 0 aliphatic carbocycles. The summed E-state index contributed by atoms with van der Waals surface area (Å²) in [5.74, 6) is 0. The Morgan fingerprint density at radius 2 is 1.67 bits per heavy atom. The second kappa shape index (κ2) is 4.67. The van der Waals surface area contributed by atoms with Crippen LogP contribution in [0.15, 0.2) is 27.0 Å². The summed E-state index contributed by atoms with van der Waals surface area (Å²) in [4.78, 5) is 0. The largest absolute Gasteiger partial charge is 0.480 e. The summed E-state index contributed by atoms with van der Waals surface area (Å²) in [6, 6.07) is 0. The summed E-state index contributed by atoms with van der Waals surface area (Å²) >= 11 is 9.34. The maximum atomic E-state index is 5.54. The molecule has 2 nitrogen and oxygen atoms in total. The van der Waals surface area contributed by atoms with Gasteiger partial charge in [0.25, 0.3) is 0 Å². The molecule has 3 aliphatic heterocycles. The molecule has 0 spiro atoms. The van der Waals surface area contributed by atoms with Gasteiger partial charge in [-0.25, -0.2) is 0 Å². The van der Waals surface area contributed by atoms with Crippen LogP contribution in [0.2, 0.25) is 0 Å². The van der Waals surface area contributed by atoms with Crippen molar-refractivity contribution in [2.45, 2.75) is 0 Å². The van der Waals surface area contributed by atoms with Crippen LogP contribution in [0.4, 0.5) is 0 Å². The van der Waals surface area contributed by atoms with Gasteiger partial charge in [0.2, 0.25) is 10.2 Å². The van der Waals surface area contributed by atoms with E-state index in [0.717, 1.165) is 10.2 Å². The highest BCUT2D eigenvalue weighted by molar-refractivity contribution is 14.1. The topological polar surface area (TPSA) is 18.5 Å². The summed E-state index contributed by atoms with van der Waals surface area (Å²) in [5, 5.41) is 4.06. The maximum absolute atomic E-state index is 5.54. The Morgan fingerprint density at radius 1 is 1.00 bits per heavy atom. The fourth-order valence-corrected chi connectivity index (χ4v) is 7.10. The van der Waals surface area contributed by atoms with Crippen LogP contribution >= 0.6 is 69.6 Å². The Balaban J connectivity index is 1.79. The number of thioether (sulfide) groups is 4. The fourth-order valence-electron chi connectivity index (χ4n) is 1.13. The molecule has 0 aromatic heterocycles. The zero-order valence-corrected chi connectivity index (χ0v) is 12.7. The Morgan fingerprint density at radius 3 is 2.20 bits per heavy atom. The van der Waals surface area contributed by atoms with E-state index >= 15 is 0 Å². The molecule has 80 valence electrons. The third-order valence-electron chi connectivity index (χ3n) is 1.70. The van der Waals surface area contributed by atoms with Crippen LogP contribution < -0.4 is 0 Å². The lowest BCUT2D eigenvalue weighted by atomic mass is 10.7. The average molecular weight is 388 g/mol. The lowest BCUT2D eigenvalue weighted by Crippen LogP contribution is -2.08. The van der Waals surface area contributed by atoms with Crippen LogP contribution in [0, 0.1) is 0 Å². The first-order valence-electron chi connectivity index (χ1n) is 4.13. The zero-order chi connectivity index (χ0) is 10.3. The highest BCUT2D eigenvalue weighted by atomic mass is 127. The minimum Gasteiger partial charge on any atom is -0.480 e. The Hall–Kier alpha value is 0.950. The number of hydrogen-bond donors (Lipinski definition) is 0. The number of ether oxygens (including phenoxy) is 2. The van der Waals surface area contributed by atoms with Crippen LogP contribution in [0.25, 0.3) is 0 Å². The molecule has 0 saturated heterocycles. The smallest absolute Gasteiger partial charge is 0.208 e. The van der Waals surface area contributed by atoms with Gasteiger partial charge in [0.15, 0.2) is 0 Å². The van der Waals surface area contributed by atoms with Gasteiger partial charge in [-0.3, -0.25) is 0 Å². The van der Waals surface area contributed by atoms with E-state index in [0.29, 0.717) is 13.2 Å². The lowest BCUT2D eigenvalue weighted by Gasteiger charge is -2.13. The molecule has 0 radical (unpaired) electrons. The van der Waals surface area contributed by atoms with E-state index in [1.54, 1.807) is 35.3 Å². The average Bonchev–Trinajstić information content (AvgIpc) is 2.82. The first-order valence-corrected chi connectivity index (χ1v) is 8.54. The summed E-state index contributed by atoms with van der Waals surface area (Å²) in [5.41, 5.74) is 0. The molecular formula is C8H5IO2S4. The number of rotatable bonds is 0. The molecule has 15 heavy (non-hydrogen) atoms. The summed E-state index contributed by atoms with van der Waals surface area (Å²) in [6.07, 6.45) is 0. The number of hydrogen-bond acceptors (Lipinski definition) is 6. The van der Waals surface area contributed by atoms with Crippen molar-refractivity contribution < 1.29 is 9.47 Å². The van der Waals surface area contributed by atoms with Gasteiger partial charge in [0.05, 0.1) is 11.4 Å². The van der Waals surface area contributed by atoms with Crippen LogP contribution in [0.5, 0.6) is 0 Å².